The third-order valence-corrected chi connectivity index (χ3v) is 8.72. The number of hydrogen-bond donors (Lipinski definition) is 1. The lowest BCUT2D eigenvalue weighted by Gasteiger charge is -2.41. The van der Waals surface area contributed by atoms with Crippen molar-refractivity contribution in [1.82, 2.24) is 29.9 Å². The normalized spacial score (nSPS) is 19.7. The maximum Gasteiger partial charge on any atom is 0.406 e. The predicted molar refractivity (Wildman–Crippen MR) is 167 cm³/mol. The van der Waals surface area contributed by atoms with Gasteiger partial charge in [-0.05, 0) is 50.8 Å². The molecule has 3 atom stereocenters. The molecule has 3 heterocycles. The second-order valence-electron chi connectivity index (χ2n) is 11.7. The molecule has 13 nitrogen and oxygen atoms in total. The number of nitrogens with one attached hydrogen (secondary N) is 1. The molecule has 2 aromatic heterocycles. The molecule has 3 aromatic rings. The van der Waals surface area contributed by atoms with E-state index in [2.05, 4.69) is 15.0 Å². The van der Waals surface area contributed by atoms with Crippen LogP contribution in [0.5, 0.6) is 0 Å². The highest BCUT2D eigenvalue weighted by Gasteiger charge is 2.43. The summed E-state index contributed by atoms with van der Waals surface area (Å²) in [6, 6.07) is 13.2. The standard InChI is InChI=1S/C31H42N6O7S/c1-21-11-14-26-28(34-36(29(26)33-21)16-8-15-32-31(39)42-3)22(2)37(24-12-13-24)30(38)27-18-35(17-23-9-6-5-7-10-23)25(19-43-27)20-44-45(4,40)41/h5-7,9-11,14,22,24-25,27H,8,12-13,15-20H2,1-4H3,(H,32,39)/t22-,25-,27-/m1/s1. The second-order valence-corrected chi connectivity index (χ2v) is 13.4. The smallest absolute Gasteiger partial charge is 0.406 e. The van der Waals surface area contributed by atoms with Crippen LogP contribution in [0.15, 0.2) is 42.5 Å². The Morgan fingerprint density at radius 1 is 1.18 bits per heavy atom. The zero-order chi connectivity index (χ0) is 32.1. The predicted octanol–water partition coefficient (Wildman–Crippen LogP) is 2.78. The Balaban J connectivity index is 1.36. The van der Waals surface area contributed by atoms with Crippen LogP contribution in [-0.4, -0.2) is 103 Å². The van der Waals surface area contributed by atoms with Crippen LogP contribution in [0.25, 0.3) is 11.0 Å². The summed E-state index contributed by atoms with van der Waals surface area (Å²) in [5, 5.41) is 8.51. The molecule has 0 unspecified atom stereocenters. The minimum atomic E-state index is -3.63. The first-order valence-electron chi connectivity index (χ1n) is 15.3. The van der Waals surface area contributed by atoms with Gasteiger partial charge >= 0.3 is 6.09 Å². The molecular weight excluding hydrogens is 600 g/mol. The van der Waals surface area contributed by atoms with Gasteiger partial charge in [0.25, 0.3) is 16.0 Å². The van der Waals surface area contributed by atoms with Gasteiger partial charge < -0.3 is 19.7 Å². The van der Waals surface area contributed by atoms with Gasteiger partial charge in [-0.25, -0.2) is 14.5 Å². The Morgan fingerprint density at radius 2 is 1.93 bits per heavy atom. The molecule has 0 spiro atoms. The Kier molecular flexibility index (Phi) is 10.4. The molecule has 1 aliphatic carbocycles. The van der Waals surface area contributed by atoms with Crippen molar-refractivity contribution in [1.29, 1.82) is 0 Å². The van der Waals surface area contributed by atoms with Gasteiger partial charge in [-0.15, -0.1) is 0 Å². The monoisotopic (exact) mass is 642 g/mol. The number of amides is 2. The van der Waals surface area contributed by atoms with Crippen LogP contribution in [-0.2, 0) is 41.7 Å². The number of aryl methyl sites for hydroxylation is 2. The molecule has 1 aromatic carbocycles. The number of carbonyl (C=O) groups is 2. The zero-order valence-electron chi connectivity index (χ0n) is 26.2. The quantitative estimate of drug-likeness (QED) is 0.218. The van der Waals surface area contributed by atoms with Crippen molar-refractivity contribution in [3.05, 3.63) is 59.4 Å². The highest BCUT2D eigenvalue weighted by atomic mass is 32.2. The number of aromatic nitrogens is 3. The summed E-state index contributed by atoms with van der Waals surface area (Å²) in [6.45, 7) is 5.79. The number of morpholine rings is 1. The fraction of sp³-hybridized carbons (Fsp3) is 0.548. The molecule has 1 N–H and O–H groups in total. The minimum absolute atomic E-state index is 0.0552. The minimum Gasteiger partial charge on any atom is -0.453 e. The molecule has 45 heavy (non-hydrogen) atoms. The van der Waals surface area contributed by atoms with E-state index in [1.165, 1.54) is 7.11 Å². The van der Waals surface area contributed by atoms with E-state index in [-0.39, 0.29) is 37.2 Å². The van der Waals surface area contributed by atoms with Crippen LogP contribution in [0.1, 0.15) is 49.2 Å². The van der Waals surface area contributed by atoms with E-state index in [9.17, 15) is 18.0 Å². The van der Waals surface area contributed by atoms with Crippen LogP contribution in [0.4, 0.5) is 4.79 Å². The van der Waals surface area contributed by atoms with Gasteiger partial charge in [0.05, 0.1) is 44.4 Å². The summed E-state index contributed by atoms with van der Waals surface area (Å²) in [7, 11) is -2.31. The SMILES string of the molecule is COC(=O)NCCCn1nc([C@@H](C)N(C(=O)[C@H]2CN(Cc3ccccc3)[C@@H](COS(C)(=O)=O)CO2)C2CC2)c2ccc(C)nc21. The summed E-state index contributed by atoms with van der Waals surface area (Å²) in [5.74, 6) is -0.115. The lowest BCUT2D eigenvalue weighted by Crippen LogP contribution is -2.56. The number of fused-ring (bicyclic) bond motifs is 1. The van der Waals surface area contributed by atoms with Gasteiger partial charge in [0.1, 0.15) is 6.10 Å². The van der Waals surface area contributed by atoms with E-state index in [1.54, 1.807) is 0 Å². The lowest BCUT2D eigenvalue weighted by atomic mass is 10.1. The van der Waals surface area contributed by atoms with E-state index >= 15 is 0 Å². The van der Waals surface area contributed by atoms with Crippen LogP contribution in [0, 0.1) is 6.92 Å². The van der Waals surface area contributed by atoms with E-state index in [0.717, 1.165) is 47.1 Å². The van der Waals surface area contributed by atoms with Crippen molar-refractivity contribution >= 4 is 33.2 Å². The third kappa shape index (κ3) is 8.37. The lowest BCUT2D eigenvalue weighted by molar-refractivity contribution is -0.157. The summed E-state index contributed by atoms with van der Waals surface area (Å²) in [5.41, 5.74) is 3.39. The van der Waals surface area contributed by atoms with Crippen molar-refractivity contribution in [2.75, 3.05) is 39.7 Å². The summed E-state index contributed by atoms with van der Waals surface area (Å²) >= 11 is 0. The molecule has 2 aliphatic rings. The topological polar surface area (TPSA) is 145 Å². The molecule has 2 fully saturated rings. The number of pyridine rings is 1. The fourth-order valence-electron chi connectivity index (χ4n) is 5.73. The van der Waals surface area contributed by atoms with Crippen LogP contribution in [0.2, 0.25) is 0 Å². The number of benzene rings is 1. The summed E-state index contributed by atoms with van der Waals surface area (Å²) in [6.07, 6.45) is 2.24. The molecule has 2 amide bonds. The Hall–Kier alpha value is -3.59. The molecule has 244 valence electrons. The maximum absolute atomic E-state index is 14.3. The number of ether oxygens (including phenoxy) is 2. The average Bonchev–Trinajstić information content (AvgIpc) is 3.79. The van der Waals surface area contributed by atoms with E-state index in [4.69, 9.17) is 19.0 Å². The van der Waals surface area contributed by atoms with Gasteiger partial charge in [0.2, 0.25) is 0 Å². The molecular formula is C31H42N6O7S. The Labute approximate surface area is 263 Å². The number of hydrogen-bond acceptors (Lipinski definition) is 10. The molecule has 14 heteroatoms. The first-order valence-corrected chi connectivity index (χ1v) is 17.1. The van der Waals surface area contributed by atoms with Crippen molar-refractivity contribution in [2.45, 2.75) is 70.4 Å². The molecule has 0 bridgehead atoms. The zero-order valence-corrected chi connectivity index (χ0v) is 27.0. The largest absolute Gasteiger partial charge is 0.453 e. The summed E-state index contributed by atoms with van der Waals surface area (Å²) < 4.78 is 41.3. The van der Waals surface area contributed by atoms with Gasteiger partial charge in [-0.1, -0.05) is 30.3 Å². The van der Waals surface area contributed by atoms with Crippen molar-refractivity contribution < 1.29 is 31.7 Å². The molecule has 1 saturated carbocycles. The van der Waals surface area contributed by atoms with Gasteiger partial charge in [-0.3, -0.25) is 13.9 Å². The van der Waals surface area contributed by atoms with Crippen molar-refractivity contribution in [3.63, 3.8) is 0 Å². The molecule has 1 aliphatic heterocycles. The Morgan fingerprint density at radius 3 is 2.62 bits per heavy atom. The van der Waals surface area contributed by atoms with Crippen molar-refractivity contribution in [2.24, 2.45) is 0 Å². The van der Waals surface area contributed by atoms with E-state index < -0.39 is 22.3 Å². The van der Waals surface area contributed by atoms with Gasteiger partial charge in [0.15, 0.2) is 5.65 Å². The van der Waals surface area contributed by atoms with Gasteiger partial charge in [0, 0.05) is 43.3 Å². The number of rotatable bonds is 13. The molecule has 0 radical (unpaired) electrons. The number of carbonyl (C=O) groups excluding carboxylic acids is 2. The van der Waals surface area contributed by atoms with Gasteiger partial charge in [-0.2, -0.15) is 13.5 Å². The average molecular weight is 643 g/mol. The van der Waals surface area contributed by atoms with Crippen LogP contribution >= 0.6 is 0 Å². The second kappa shape index (κ2) is 14.2. The highest BCUT2D eigenvalue weighted by molar-refractivity contribution is 7.85. The van der Waals surface area contributed by atoms with E-state index in [1.807, 2.05) is 65.9 Å². The molecule has 1 saturated heterocycles. The maximum atomic E-state index is 14.3. The highest BCUT2D eigenvalue weighted by Crippen LogP contribution is 2.37. The summed E-state index contributed by atoms with van der Waals surface area (Å²) in [4.78, 5) is 34.5. The van der Waals surface area contributed by atoms with Crippen LogP contribution < -0.4 is 5.32 Å². The number of methoxy groups -OCH3 is 1. The number of nitrogens with zero attached hydrogens (tertiary/aromatic N) is 5. The Bertz CT molecular complexity index is 1590. The van der Waals surface area contributed by atoms with Crippen LogP contribution in [0.3, 0.4) is 0 Å². The number of alkyl carbamates (subject to hydrolysis) is 1. The first kappa shape index (κ1) is 32.8. The fourth-order valence-corrected chi connectivity index (χ4v) is 6.13. The van der Waals surface area contributed by atoms with Crippen molar-refractivity contribution in [3.8, 4) is 0 Å². The molecule has 5 rings (SSSR count). The third-order valence-electron chi connectivity index (χ3n) is 8.16. The van der Waals surface area contributed by atoms with E-state index in [0.29, 0.717) is 32.6 Å². The first-order chi connectivity index (χ1) is 21.5.